The van der Waals surface area contributed by atoms with Crippen molar-refractivity contribution in [1.29, 1.82) is 0 Å². The molecule has 3 aromatic carbocycles. The summed E-state index contributed by atoms with van der Waals surface area (Å²) in [5, 5.41) is 4.64. The van der Waals surface area contributed by atoms with E-state index in [9.17, 15) is 18.0 Å². The van der Waals surface area contributed by atoms with E-state index in [-0.39, 0.29) is 23.4 Å². The molecule has 6 nitrogen and oxygen atoms in total. The van der Waals surface area contributed by atoms with Crippen LogP contribution in [0.4, 0.5) is 13.2 Å². The van der Waals surface area contributed by atoms with Gasteiger partial charge in [-0.15, -0.1) is 13.0 Å². The van der Waals surface area contributed by atoms with Crippen molar-refractivity contribution in [3.63, 3.8) is 0 Å². The highest BCUT2D eigenvalue weighted by atomic mass is 19.4. The molecule has 0 aliphatic heterocycles. The van der Waals surface area contributed by atoms with Crippen LogP contribution in [-0.4, -0.2) is 29.1 Å². The summed E-state index contributed by atoms with van der Waals surface area (Å²) in [6.45, 7) is 6.00. The van der Waals surface area contributed by atoms with Crippen molar-refractivity contribution in [3.05, 3.63) is 100 Å². The van der Waals surface area contributed by atoms with E-state index in [1.165, 1.54) is 18.3 Å². The van der Waals surface area contributed by atoms with E-state index in [4.69, 9.17) is 15.9 Å². The van der Waals surface area contributed by atoms with Crippen LogP contribution in [0.15, 0.2) is 83.2 Å². The minimum absolute atomic E-state index is 0.0358. The molecule has 0 atom stereocenters. The summed E-state index contributed by atoms with van der Waals surface area (Å²) in [7, 11) is 0. The van der Waals surface area contributed by atoms with Gasteiger partial charge in [0, 0.05) is 11.1 Å². The van der Waals surface area contributed by atoms with Gasteiger partial charge in [-0.1, -0.05) is 36.3 Å². The molecule has 0 aliphatic rings. The van der Waals surface area contributed by atoms with Crippen LogP contribution in [-0.2, 0) is 12.6 Å². The molecule has 0 bridgehead atoms. The quantitative estimate of drug-likeness (QED) is 0.149. The highest BCUT2D eigenvalue weighted by molar-refractivity contribution is 5.83. The summed E-state index contributed by atoms with van der Waals surface area (Å²) in [6, 6.07) is 14.6. The third-order valence-electron chi connectivity index (χ3n) is 5.64. The third-order valence-corrected chi connectivity index (χ3v) is 5.64. The molecular formula is C30H24F3N3O3. The zero-order valence-electron chi connectivity index (χ0n) is 21.0. The summed E-state index contributed by atoms with van der Waals surface area (Å²) < 4.78 is 52.8. The van der Waals surface area contributed by atoms with Gasteiger partial charge in [0.05, 0.1) is 29.3 Å². The molecule has 4 aromatic rings. The number of aromatic nitrogens is 2. The van der Waals surface area contributed by atoms with Crippen LogP contribution >= 0.6 is 0 Å². The van der Waals surface area contributed by atoms with E-state index in [0.29, 0.717) is 35.6 Å². The average molecular weight is 532 g/mol. The van der Waals surface area contributed by atoms with Gasteiger partial charge in [0.25, 0.3) is 5.56 Å². The predicted octanol–water partition coefficient (Wildman–Crippen LogP) is 6.10. The van der Waals surface area contributed by atoms with E-state index in [0.717, 1.165) is 22.4 Å². The molecule has 39 heavy (non-hydrogen) atoms. The van der Waals surface area contributed by atoms with Gasteiger partial charge in [0.15, 0.2) is 17.3 Å². The second-order valence-electron chi connectivity index (χ2n) is 8.32. The maximum absolute atomic E-state index is 13.4. The normalized spacial score (nSPS) is 11.5. The number of ether oxygens (including phenoxy) is 2. The van der Waals surface area contributed by atoms with E-state index >= 15 is 0 Å². The van der Waals surface area contributed by atoms with Gasteiger partial charge in [0.2, 0.25) is 0 Å². The topological polar surface area (TPSA) is 65.7 Å². The molecule has 0 aliphatic carbocycles. The van der Waals surface area contributed by atoms with Gasteiger partial charge in [-0.25, -0.2) is 4.98 Å². The van der Waals surface area contributed by atoms with Crippen molar-refractivity contribution in [3.8, 4) is 35.2 Å². The first kappa shape index (κ1) is 27.2. The number of rotatable bonds is 9. The molecular weight excluding hydrogens is 507 g/mol. The lowest BCUT2D eigenvalue weighted by molar-refractivity contribution is -0.137. The number of nitrogens with zero attached hydrogens (tertiary/aromatic N) is 3. The Labute approximate surface area is 223 Å². The molecule has 0 radical (unpaired) electrons. The van der Waals surface area contributed by atoms with Gasteiger partial charge < -0.3 is 9.47 Å². The number of fused-ring (bicyclic) bond motifs is 1. The number of hydrogen-bond acceptors (Lipinski definition) is 5. The first-order valence-electron chi connectivity index (χ1n) is 12.0. The van der Waals surface area contributed by atoms with Gasteiger partial charge >= 0.3 is 6.18 Å². The smallest absolute Gasteiger partial charge is 0.416 e. The van der Waals surface area contributed by atoms with E-state index in [2.05, 4.69) is 22.6 Å². The maximum atomic E-state index is 13.4. The van der Waals surface area contributed by atoms with Crippen molar-refractivity contribution in [2.75, 3.05) is 13.2 Å². The largest absolute Gasteiger partial charge is 0.490 e. The van der Waals surface area contributed by atoms with Crippen molar-refractivity contribution in [2.45, 2.75) is 19.5 Å². The van der Waals surface area contributed by atoms with Crippen LogP contribution in [0, 0.1) is 12.3 Å². The van der Waals surface area contributed by atoms with Crippen LogP contribution in [0.25, 0.3) is 22.3 Å². The lowest BCUT2D eigenvalue weighted by Crippen LogP contribution is -2.20. The van der Waals surface area contributed by atoms with Crippen LogP contribution in [0.3, 0.4) is 0 Å². The lowest BCUT2D eigenvalue weighted by Gasteiger charge is -2.15. The molecule has 0 saturated carbocycles. The first-order valence-corrected chi connectivity index (χ1v) is 12.0. The molecule has 0 amide bonds. The predicted molar refractivity (Wildman–Crippen MR) is 145 cm³/mol. The fourth-order valence-electron chi connectivity index (χ4n) is 3.98. The minimum Gasteiger partial charge on any atom is -0.490 e. The molecule has 0 N–H and O–H groups in total. The van der Waals surface area contributed by atoms with Crippen LogP contribution in [0.5, 0.6) is 11.5 Å². The molecule has 4 rings (SSSR count). The van der Waals surface area contributed by atoms with Crippen molar-refractivity contribution >= 4 is 17.1 Å². The molecule has 0 saturated heterocycles. The molecule has 0 fully saturated rings. The number of benzene rings is 3. The van der Waals surface area contributed by atoms with Crippen molar-refractivity contribution in [1.82, 2.24) is 9.66 Å². The fraction of sp³-hybridized carbons (Fsp3) is 0.167. The van der Waals surface area contributed by atoms with E-state index in [1.54, 1.807) is 42.5 Å². The van der Waals surface area contributed by atoms with E-state index < -0.39 is 17.3 Å². The zero-order chi connectivity index (χ0) is 28.0. The molecule has 198 valence electrons. The van der Waals surface area contributed by atoms with Crippen LogP contribution in [0.1, 0.15) is 23.6 Å². The summed E-state index contributed by atoms with van der Waals surface area (Å²) in [6.07, 6.45) is 4.33. The summed E-state index contributed by atoms with van der Waals surface area (Å²) in [5.74, 6) is 3.29. The van der Waals surface area contributed by atoms with Gasteiger partial charge in [-0.2, -0.15) is 22.9 Å². The van der Waals surface area contributed by atoms with Gasteiger partial charge in [-0.05, 0) is 55.3 Å². The van der Waals surface area contributed by atoms with Crippen LogP contribution in [0.2, 0.25) is 0 Å². The number of terminal acetylenes is 1. The standard InChI is InChI=1S/C30H24F3N3O3/c1-4-10-21-16-20(17-26(38-6-3)27(21)39-15-5-2)19-34-36-28(22-11-9-12-23(18-22)30(31,32)33)35-25-14-8-7-13-24(25)29(36)37/h2,4,7-9,11-14,16-19H,1,6,10,15H2,3H3. The van der Waals surface area contributed by atoms with E-state index in [1.807, 2.05) is 6.92 Å². The number of allylic oxidation sites excluding steroid dienone is 1. The minimum atomic E-state index is -4.57. The average Bonchev–Trinajstić information content (AvgIpc) is 2.92. The van der Waals surface area contributed by atoms with Gasteiger partial charge in [0.1, 0.15) is 6.61 Å². The highest BCUT2D eigenvalue weighted by Gasteiger charge is 2.31. The van der Waals surface area contributed by atoms with Gasteiger partial charge in [-0.3, -0.25) is 4.79 Å². The Bertz CT molecular complexity index is 1650. The Morgan fingerprint density at radius 1 is 1.13 bits per heavy atom. The number of para-hydroxylation sites is 1. The lowest BCUT2D eigenvalue weighted by atomic mass is 10.1. The third kappa shape index (κ3) is 6.02. The fourth-order valence-corrected chi connectivity index (χ4v) is 3.98. The molecule has 0 spiro atoms. The first-order chi connectivity index (χ1) is 18.8. The summed E-state index contributed by atoms with van der Waals surface area (Å²) in [4.78, 5) is 17.9. The SMILES string of the molecule is C#CCOc1c(CC=C)cc(C=Nn2c(-c3cccc(C(F)(F)F)c3)nc3ccccc3c2=O)cc1OCC. The highest BCUT2D eigenvalue weighted by Crippen LogP contribution is 2.34. The molecule has 1 aromatic heterocycles. The summed E-state index contributed by atoms with van der Waals surface area (Å²) >= 11 is 0. The number of alkyl halides is 3. The maximum Gasteiger partial charge on any atom is 0.416 e. The Kier molecular flexibility index (Phi) is 8.15. The number of hydrogen-bond donors (Lipinski definition) is 0. The second-order valence-corrected chi connectivity index (χ2v) is 8.32. The molecule has 9 heteroatoms. The zero-order valence-corrected chi connectivity index (χ0v) is 21.0. The second kappa shape index (κ2) is 11.7. The van der Waals surface area contributed by atoms with Crippen LogP contribution < -0.4 is 15.0 Å². The Morgan fingerprint density at radius 2 is 1.92 bits per heavy atom. The Hall–Kier alpha value is -4.84. The molecule has 1 heterocycles. The monoisotopic (exact) mass is 531 g/mol. The summed E-state index contributed by atoms with van der Waals surface area (Å²) in [5.41, 5.74) is 0.312. The Morgan fingerprint density at radius 3 is 2.64 bits per heavy atom. The molecule has 0 unspecified atom stereocenters. The number of halogens is 3. The van der Waals surface area contributed by atoms with Crippen molar-refractivity contribution in [2.24, 2.45) is 5.10 Å². The Balaban J connectivity index is 1.90. The van der Waals surface area contributed by atoms with Crippen molar-refractivity contribution < 1.29 is 22.6 Å².